The van der Waals surface area contributed by atoms with E-state index in [1.165, 1.54) is 16.8 Å². The summed E-state index contributed by atoms with van der Waals surface area (Å²) in [6, 6.07) is 1.86. The largest absolute Gasteiger partial charge is 0.339 e. The molecule has 28 heavy (non-hydrogen) atoms. The highest BCUT2D eigenvalue weighted by atomic mass is 32.2. The Morgan fingerprint density at radius 2 is 2.04 bits per heavy atom. The van der Waals surface area contributed by atoms with E-state index in [-0.39, 0.29) is 16.9 Å². The molecule has 2 aromatic rings. The van der Waals surface area contributed by atoms with Gasteiger partial charge in [0.1, 0.15) is 5.69 Å². The van der Waals surface area contributed by atoms with E-state index in [0.29, 0.717) is 31.9 Å². The van der Waals surface area contributed by atoms with Crippen molar-refractivity contribution >= 4 is 15.9 Å². The highest BCUT2D eigenvalue weighted by molar-refractivity contribution is 7.89. The van der Waals surface area contributed by atoms with Gasteiger partial charge >= 0.3 is 0 Å². The Labute approximate surface area is 165 Å². The SMILES string of the molecule is CCN1CCCn2nc(C3CCCN(S(=O)(=O)c4cn(C)cn4)C3)cc2C1=O. The van der Waals surface area contributed by atoms with Gasteiger partial charge in [-0.25, -0.2) is 13.4 Å². The van der Waals surface area contributed by atoms with Gasteiger partial charge in [0.25, 0.3) is 15.9 Å². The third kappa shape index (κ3) is 3.35. The smallest absolute Gasteiger partial charge is 0.272 e. The van der Waals surface area contributed by atoms with Crippen molar-refractivity contribution in [1.29, 1.82) is 0 Å². The van der Waals surface area contributed by atoms with Gasteiger partial charge in [-0.3, -0.25) is 9.48 Å². The molecule has 2 aromatic heterocycles. The summed E-state index contributed by atoms with van der Waals surface area (Å²) in [4.78, 5) is 18.6. The third-order valence-corrected chi connectivity index (χ3v) is 7.32. The molecule has 0 aliphatic carbocycles. The second-order valence-electron chi connectivity index (χ2n) is 7.50. The Bertz CT molecular complexity index is 979. The van der Waals surface area contributed by atoms with Gasteiger partial charge in [-0.05, 0) is 32.3 Å². The summed E-state index contributed by atoms with van der Waals surface area (Å²) < 4.78 is 30.7. The fourth-order valence-electron chi connectivity index (χ4n) is 4.01. The van der Waals surface area contributed by atoms with E-state index in [0.717, 1.165) is 31.5 Å². The van der Waals surface area contributed by atoms with Crippen LogP contribution in [0.15, 0.2) is 23.6 Å². The van der Waals surface area contributed by atoms with Crippen molar-refractivity contribution in [3.8, 4) is 0 Å². The van der Waals surface area contributed by atoms with E-state index >= 15 is 0 Å². The van der Waals surface area contributed by atoms with E-state index in [1.54, 1.807) is 16.3 Å². The van der Waals surface area contributed by atoms with Crippen LogP contribution >= 0.6 is 0 Å². The molecule has 4 rings (SSSR count). The Morgan fingerprint density at radius 3 is 2.75 bits per heavy atom. The van der Waals surface area contributed by atoms with E-state index in [2.05, 4.69) is 10.1 Å². The van der Waals surface area contributed by atoms with E-state index in [9.17, 15) is 13.2 Å². The lowest BCUT2D eigenvalue weighted by Crippen LogP contribution is -2.39. The number of piperidine rings is 1. The molecule has 1 amide bonds. The minimum absolute atomic E-state index is 0.00697. The molecule has 0 N–H and O–H groups in total. The first kappa shape index (κ1) is 19.1. The number of hydrogen-bond acceptors (Lipinski definition) is 5. The molecule has 4 heterocycles. The Hall–Kier alpha value is -2.20. The van der Waals surface area contributed by atoms with Crippen LogP contribution in [-0.2, 0) is 23.6 Å². The fourth-order valence-corrected chi connectivity index (χ4v) is 5.50. The van der Waals surface area contributed by atoms with Gasteiger partial charge in [0.05, 0.1) is 12.0 Å². The molecule has 1 saturated heterocycles. The van der Waals surface area contributed by atoms with Crippen LogP contribution in [0, 0.1) is 0 Å². The molecule has 1 unspecified atom stereocenters. The molecule has 0 saturated carbocycles. The van der Waals surface area contributed by atoms with Crippen LogP contribution in [0.1, 0.15) is 48.3 Å². The lowest BCUT2D eigenvalue weighted by Gasteiger charge is -2.30. The molecule has 10 heteroatoms. The number of fused-ring (bicyclic) bond motifs is 1. The number of rotatable bonds is 4. The van der Waals surface area contributed by atoms with E-state index in [4.69, 9.17) is 0 Å². The minimum Gasteiger partial charge on any atom is -0.339 e. The Kier molecular flexibility index (Phi) is 5.00. The second-order valence-corrected chi connectivity index (χ2v) is 9.38. The number of imidazole rings is 1. The summed E-state index contributed by atoms with van der Waals surface area (Å²) in [6.07, 6.45) is 5.50. The zero-order valence-electron chi connectivity index (χ0n) is 16.3. The summed E-state index contributed by atoms with van der Waals surface area (Å²) in [5.41, 5.74) is 1.42. The molecule has 1 fully saturated rings. The normalized spacial score (nSPS) is 21.6. The van der Waals surface area contributed by atoms with Gasteiger partial charge in [-0.2, -0.15) is 9.40 Å². The number of carbonyl (C=O) groups excluding carboxylic acids is 1. The lowest BCUT2D eigenvalue weighted by atomic mass is 9.96. The monoisotopic (exact) mass is 406 g/mol. The zero-order chi connectivity index (χ0) is 19.9. The molecular formula is C18H26N6O3S. The number of amides is 1. The Balaban J connectivity index is 1.58. The minimum atomic E-state index is -3.62. The van der Waals surface area contributed by atoms with Gasteiger partial charge in [0.2, 0.25) is 0 Å². The third-order valence-electron chi connectivity index (χ3n) is 5.57. The van der Waals surface area contributed by atoms with Gasteiger partial charge < -0.3 is 9.47 Å². The average molecular weight is 407 g/mol. The molecule has 0 spiro atoms. The summed E-state index contributed by atoms with van der Waals surface area (Å²) in [5, 5.41) is 4.75. The zero-order valence-corrected chi connectivity index (χ0v) is 17.1. The predicted molar refractivity (Wildman–Crippen MR) is 102 cm³/mol. The van der Waals surface area contributed by atoms with Gasteiger partial charge in [0.15, 0.2) is 5.03 Å². The maximum atomic E-state index is 12.9. The van der Waals surface area contributed by atoms with Crippen molar-refractivity contribution in [2.45, 2.75) is 43.7 Å². The Morgan fingerprint density at radius 1 is 1.21 bits per heavy atom. The lowest BCUT2D eigenvalue weighted by molar-refractivity contribution is 0.0766. The molecule has 1 atom stereocenters. The molecule has 0 radical (unpaired) electrons. The summed E-state index contributed by atoms with van der Waals surface area (Å²) in [5.74, 6) is -0.0120. The van der Waals surface area contributed by atoms with E-state index in [1.807, 2.05) is 17.9 Å². The van der Waals surface area contributed by atoms with Crippen LogP contribution in [0.25, 0.3) is 0 Å². The summed E-state index contributed by atoms with van der Waals surface area (Å²) in [7, 11) is -1.87. The first-order valence-electron chi connectivity index (χ1n) is 9.75. The fraction of sp³-hybridized carbons (Fsp3) is 0.611. The van der Waals surface area contributed by atoms with Crippen LogP contribution in [0.2, 0.25) is 0 Å². The van der Waals surface area contributed by atoms with Crippen molar-refractivity contribution in [2.24, 2.45) is 7.05 Å². The molecule has 0 bridgehead atoms. The second kappa shape index (κ2) is 7.32. The molecule has 152 valence electrons. The number of sulfonamides is 1. The molecule has 2 aliphatic rings. The number of hydrogen-bond donors (Lipinski definition) is 0. The van der Waals surface area contributed by atoms with Crippen molar-refractivity contribution in [3.05, 3.63) is 30.0 Å². The first-order chi connectivity index (χ1) is 13.4. The van der Waals surface area contributed by atoms with Gasteiger partial charge in [0, 0.05) is 51.9 Å². The highest BCUT2D eigenvalue weighted by Gasteiger charge is 2.34. The number of nitrogens with zero attached hydrogens (tertiary/aromatic N) is 6. The van der Waals surface area contributed by atoms with Crippen molar-refractivity contribution in [2.75, 3.05) is 26.2 Å². The topological polar surface area (TPSA) is 93.3 Å². The molecule has 0 aromatic carbocycles. The highest BCUT2D eigenvalue weighted by Crippen LogP contribution is 2.30. The standard InChI is InChI=1S/C18H26N6O3S/c1-3-22-7-5-9-24-16(18(22)25)10-15(20-24)14-6-4-8-23(11-14)28(26,27)17-12-21(2)13-19-17/h10,12-14H,3-9,11H2,1-2H3. The van der Waals surface area contributed by atoms with Crippen LogP contribution in [0.3, 0.4) is 0 Å². The number of aromatic nitrogens is 4. The number of carbonyl (C=O) groups is 1. The molecule has 2 aliphatic heterocycles. The van der Waals surface area contributed by atoms with Gasteiger partial charge in [-0.1, -0.05) is 0 Å². The van der Waals surface area contributed by atoms with Crippen molar-refractivity contribution in [3.63, 3.8) is 0 Å². The average Bonchev–Trinajstić information content (AvgIpc) is 3.29. The maximum Gasteiger partial charge on any atom is 0.272 e. The van der Waals surface area contributed by atoms with Crippen LogP contribution in [0.4, 0.5) is 0 Å². The van der Waals surface area contributed by atoms with E-state index < -0.39 is 10.0 Å². The quantitative estimate of drug-likeness (QED) is 0.757. The van der Waals surface area contributed by atoms with Crippen LogP contribution < -0.4 is 0 Å². The maximum absolute atomic E-state index is 12.9. The molecular weight excluding hydrogens is 380 g/mol. The van der Waals surface area contributed by atoms with Crippen LogP contribution in [0.5, 0.6) is 0 Å². The van der Waals surface area contributed by atoms with Gasteiger partial charge in [-0.15, -0.1) is 0 Å². The van der Waals surface area contributed by atoms with Crippen molar-refractivity contribution in [1.82, 2.24) is 28.5 Å². The van der Waals surface area contributed by atoms with Crippen LogP contribution in [-0.4, -0.2) is 69.0 Å². The number of aryl methyl sites for hydroxylation is 2. The first-order valence-corrected chi connectivity index (χ1v) is 11.2. The molecule has 9 nitrogen and oxygen atoms in total. The predicted octanol–water partition coefficient (Wildman–Crippen LogP) is 1.05. The summed E-state index contributed by atoms with van der Waals surface area (Å²) in [6.45, 7) is 4.95. The summed E-state index contributed by atoms with van der Waals surface area (Å²) >= 11 is 0. The van der Waals surface area contributed by atoms with Crippen molar-refractivity contribution < 1.29 is 13.2 Å².